The zero-order valence-electron chi connectivity index (χ0n) is 15.0. The molecule has 7 heteroatoms. The molecule has 2 N–H and O–H groups in total. The molecule has 0 aliphatic rings. The summed E-state index contributed by atoms with van der Waals surface area (Å²) in [6, 6.07) is 17.4. The lowest BCUT2D eigenvalue weighted by molar-refractivity contribution is 0.0940. The molecule has 1 aromatic heterocycles. The third-order valence-corrected chi connectivity index (χ3v) is 6.94. The molecule has 0 aliphatic carbocycles. The molecule has 3 rings (SSSR count). The van der Waals surface area contributed by atoms with Crippen LogP contribution in [0.2, 0.25) is 0 Å². The van der Waals surface area contributed by atoms with Crippen molar-refractivity contribution in [2.45, 2.75) is 24.1 Å². The van der Waals surface area contributed by atoms with Crippen molar-refractivity contribution in [3.63, 3.8) is 0 Å². The van der Waals surface area contributed by atoms with E-state index in [0.29, 0.717) is 11.3 Å². The molecule has 0 saturated heterocycles. The van der Waals surface area contributed by atoms with Crippen LogP contribution in [0.3, 0.4) is 0 Å². The number of sulfonamides is 1. The van der Waals surface area contributed by atoms with Crippen LogP contribution in [0, 0.1) is 6.92 Å². The second-order valence-electron chi connectivity index (χ2n) is 6.17. The molecule has 2 aromatic carbocycles. The van der Waals surface area contributed by atoms with Crippen molar-refractivity contribution in [2.75, 3.05) is 4.72 Å². The summed E-state index contributed by atoms with van der Waals surface area (Å²) >= 11 is 1.15. The highest BCUT2D eigenvalue weighted by Gasteiger charge is 2.16. The molecule has 0 bridgehead atoms. The first-order chi connectivity index (χ1) is 12.9. The summed E-state index contributed by atoms with van der Waals surface area (Å²) in [7, 11) is -3.59. The van der Waals surface area contributed by atoms with Gasteiger partial charge >= 0.3 is 0 Å². The highest BCUT2D eigenvalue weighted by molar-refractivity contribution is 7.94. The van der Waals surface area contributed by atoms with Gasteiger partial charge in [0.25, 0.3) is 15.9 Å². The zero-order chi connectivity index (χ0) is 19.4. The summed E-state index contributed by atoms with van der Waals surface area (Å²) in [4.78, 5) is 12.5. The molecule has 140 valence electrons. The highest BCUT2D eigenvalue weighted by atomic mass is 32.2. The number of nitrogens with one attached hydrogen (secondary N) is 2. The van der Waals surface area contributed by atoms with E-state index >= 15 is 0 Å². The predicted octanol–water partition coefficient (Wildman–Crippen LogP) is 4.35. The highest BCUT2D eigenvalue weighted by Crippen LogP contribution is 2.21. The van der Waals surface area contributed by atoms with E-state index in [9.17, 15) is 13.2 Å². The summed E-state index contributed by atoms with van der Waals surface area (Å²) in [5, 5.41) is 4.67. The lowest BCUT2D eigenvalue weighted by atomic mass is 10.0. The summed E-state index contributed by atoms with van der Waals surface area (Å²) in [5.74, 6) is -0.210. The number of hydrogen-bond donors (Lipinski definition) is 2. The van der Waals surface area contributed by atoms with E-state index < -0.39 is 10.0 Å². The summed E-state index contributed by atoms with van der Waals surface area (Å²) in [5.41, 5.74) is 3.05. The standard InChI is InChI=1S/C20H20N2O3S2/c1-14-6-3-4-7-18(14)15(2)21-20(23)16-9-11-17(12-10-16)22-27(24,25)19-8-5-13-26-19/h3-13,15,22H,1-2H3,(H,21,23)/t15-/m1/s1. The molecule has 5 nitrogen and oxygen atoms in total. The Morgan fingerprint density at radius 2 is 1.70 bits per heavy atom. The van der Waals surface area contributed by atoms with Crippen LogP contribution in [-0.2, 0) is 10.0 Å². The molecule has 0 radical (unpaired) electrons. The first-order valence-corrected chi connectivity index (χ1v) is 10.8. The molecule has 1 atom stereocenters. The maximum atomic E-state index is 12.5. The number of benzene rings is 2. The van der Waals surface area contributed by atoms with Crippen molar-refractivity contribution in [3.05, 3.63) is 82.7 Å². The van der Waals surface area contributed by atoms with Crippen molar-refractivity contribution in [3.8, 4) is 0 Å². The number of carbonyl (C=O) groups excluding carboxylic acids is 1. The minimum atomic E-state index is -3.59. The van der Waals surface area contributed by atoms with Crippen LogP contribution >= 0.6 is 11.3 Å². The number of thiophene rings is 1. The Bertz CT molecular complexity index is 1030. The zero-order valence-corrected chi connectivity index (χ0v) is 16.6. The Hall–Kier alpha value is -2.64. The molecule has 0 spiro atoms. The Balaban J connectivity index is 1.68. The van der Waals surface area contributed by atoms with Gasteiger partial charge in [0.2, 0.25) is 0 Å². The number of amides is 1. The Morgan fingerprint density at radius 3 is 2.33 bits per heavy atom. The molecule has 0 unspecified atom stereocenters. The van der Waals surface area contributed by atoms with Gasteiger partial charge in [0.05, 0.1) is 6.04 Å². The Labute approximate surface area is 163 Å². The average molecular weight is 401 g/mol. The molecule has 0 fully saturated rings. The van der Waals surface area contributed by atoms with Gasteiger partial charge in [0.15, 0.2) is 0 Å². The topological polar surface area (TPSA) is 75.3 Å². The summed E-state index contributed by atoms with van der Waals surface area (Å²) in [6.45, 7) is 3.94. The molecule has 0 saturated carbocycles. The van der Waals surface area contributed by atoms with Crippen molar-refractivity contribution in [1.29, 1.82) is 0 Å². The van der Waals surface area contributed by atoms with Crippen molar-refractivity contribution >= 4 is 33.0 Å². The summed E-state index contributed by atoms with van der Waals surface area (Å²) < 4.78 is 27.2. The van der Waals surface area contributed by atoms with Gasteiger partial charge in [-0.1, -0.05) is 30.3 Å². The van der Waals surface area contributed by atoms with Gasteiger partial charge in [-0.25, -0.2) is 8.42 Å². The van der Waals surface area contributed by atoms with Crippen LogP contribution < -0.4 is 10.0 Å². The second-order valence-corrected chi connectivity index (χ2v) is 9.02. The SMILES string of the molecule is Cc1ccccc1[C@@H](C)NC(=O)c1ccc(NS(=O)(=O)c2cccs2)cc1. The van der Waals surface area contributed by atoms with Gasteiger partial charge in [0, 0.05) is 11.3 Å². The second kappa shape index (κ2) is 7.94. The van der Waals surface area contributed by atoms with Crippen LogP contribution in [0.4, 0.5) is 5.69 Å². The van der Waals surface area contributed by atoms with Crippen LogP contribution in [-0.4, -0.2) is 14.3 Å². The van der Waals surface area contributed by atoms with Crippen LogP contribution in [0.15, 0.2) is 70.3 Å². The lowest BCUT2D eigenvalue weighted by Crippen LogP contribution is -2.27. The van der Waals surface area contributed by atoms with Crippen molar-refractivity contribution < 1.29 is 13.2 Å². The molecular weight excluding hydrogens is 380 g/mol. The number of rotatable bonds is 6. The maximum absolute atomic E-state index is 12.5. The van der Waals surface area contributed by atoms with E-state index in [-0.39, 0.29) is 16.2 Å². The van der Waals surface area contributed by atoms with Gasteiger partial charge < -0.3 is 5.32 Å². The number of aryl methyl sites for hydroxylation is 1. The fourth-order valence-corrected chi connectivity index (χ4v) is 4.79. The van der Waals surface area contributed by atoms with E-state index in [1.807, 2.05) is 38.1 Å². The molecule has 1 amide bonds. The average Bonchev–Trinajstić information content (AvgIpc) is 3.18. The number of hydrogen-bond acceptors (Lipinski definition) is 4. The summed E-state index contributed by atoms with van der Waals surface area (Å²) in [6.07, 6.45) is 0. The molecule has 0 aliphatic heterocycles. The van der Waals surface area contributed by atoms with Crippen LogP contribution in [0.5, 0.6) is 0 Å². The number of carbonyl (C=O) groups is 1. The minimum Gasteiger partial charge on any atom is -0.346 e. The third-order valence-electron chi connectivity index (χ3n) is 4.16. The van der Waals surface area contributed by atoms with E-state index in [4.69, 9.17) is 0 Å². The van der Waals surface area contributed by atoms with E-state index in [0.717, 1.165) is 22.5 Å². The monoisotopic (exact) mass is 400 g/mol. The normalized spacial score (nSPS) is 12.4. The lowest BCUT2D eigenvalue weighted by Gasteiger charge is -2.16. The van der Waals surface area contributed by atoms with Gasteiger partial charge in [0.1, 0.15) is 4.21 Å². The smallest absolute Gasteiger partial charge is 0.271 e. The fourth-order valence-electron chi connectivity index (χ4n) is 2.74. The van der Waals surface area contributed by atoms with E-state index in [1.165, 1.54) is 0 Å². The molecular formula is C20H20N2O3S2. The Morgan fingerprint density at radius 1 is 1.00 bits per heavy atom. The number of anilines is 1. The maximum Gasteiger partial charge on any atom is 0.271 e. The van der Waals surface area contributed by atoms with Crippen molar-refractivity contribution in [2.24, 2.45) is 0 Å². The quantitative estimate of drug-likeness (QED) is 0.646. The van der Waals surface area contributed by atoms with Crippen LogP contribution in [0.25, 0.3) is 0 Å². The van der Waals surface area contributed by atoms with Gasteiger partial charge in [-0.15, -0.1) is 11.3 Å². The van der Waals surface area contributed by atoms with Crippen molar-refractivity contribution in [1.82, 2.24) is 5.32 Å². The molecule has 1 heterocycles. The fraction of sp³-hybridized carbons (Fsp3) is 0.150. The minimum absolute atomic E-state index is 0.129. The Kier molecular flexibility index (Phi) is 5.62. The third kappa shape index (κ3) is 4.56. The van der Waals surface area contributed by atoms with Gasteiger partial charge in [-0.05, 0) is 60.7 Å². The van der Waals surface area contributed by atoms with E-state index in [1.54, 1.807) is 41.8 Å². The first kappa shape index (κ1) is 19.1. The van der Waals surface area contributed by atoms with E-state index in [2.05, 4.69) is 10.0 Å². The van der Waals surface area contributed by atoms with Gasteiger partial charge in [-0.2, -0.15) is 0 Å². The first-order valence-electron chi connectivity index (χ1n) is 8.39. The molecule has 27 heavy (non-hydrogen) atoms. The van der Waals surface area contributed by atoms with Crippen LogP contribution in [0.1, 0.15) is 34.5 Å². The molecule has 3 aromatic rings. The van der Waals surface area contributed by atoms with Gasteiger partial charge in [-0.3, -0.25) is 9.52 Å². The predicted molar refractivity (Wildman–Crippen MR) is 109 cm³/mol. The largest absolute Gasteiger partial charge is 0.346 e.